The van der Waals surface area contributed by atoms with Crippen LogP contribution in [0.3, 0.4) is 0 Å². The van der Waals surface area contributed by atoms with Gasteiger partial charge in [-0.1, -0.05) is 32.0 Å². The van der Waals surface area contributed by atoms with E-state index < -0.39 is 0 Å². The Bertz CT molecular complexity index is 596. The number of aromatic hydroxyl groups is 2. The van der Waals surface area contributed by atoms with E-state index in [1.165, 1.54) is 6.07 Å². The van der Waals surface area contributed by atoms with Gasteiger partial charge in [-0.15, -0.1) is 0 Å². The van der Waals surface area contributed by atoms with Gasteiger partial charge in [-0.05, 0) is 24.1 Å². The van der Waals surface area contributed by atoms with Gasteiger partial charge in [-0.25, -0.2) is 0 Å². The molecule has 2 rings (SSSR count). The molecule has 4 nitrogen and oxygen atoms in total. The molecular weight excluding hydrogens is 266 g/mol. The van der Waals surface area contributed by atoms with Crippen molar-refractivity contribution < 1.29 is 14.9 Å². The summed E-state index contributed by atoms with van der Waals surface area (Å²) in [5, 5.41) is 22.4. The number of rotatable bonds is 6. The SMILES string of the molecule is CC(C)COc1cccc(NCc2cccc(O)c2O)c1. The number of hydrogen-bond donors (Lipinski definition) is 3. The summed E-state index contributed by atoms with van der Waals surface area (Å²) in [7, 11) is 0. The number of hydrogen-bond acceptors (Lipinski definition) is 4. The standard InChI is InChI=1S/C17H21NO3/c1-12(2)11-21-15-7-4-6-14(9-15)18-10-13-5-3-8-16(19)17(13)20/h3-9,12,18-20H,10-11H2,1-2H3. The van der Waals surface area contributed by atoms with Gasteiger partial charge in [0.25, 0.3) is 0 Å². The van der Waals surface area contributed by atoms with Crippen molar-refractivity contribution in [2.24, 2.45) is 5.92 Å². The topological polar surface area (TPSA) is 61.7 Å². The van der Waals surface area contributed by atoms with Crippen molar-refractivity contribution in [3.05, 3.63) is 48.0 Å². The van der Waals surface area contributed by atoms with E-state index in [-0.39, 0.29) is 11.5 Å². The minimum absolute atomic E-state index is 0.0859. The fraction of sp³-hybridized carbons (Fsp3) is 0.294. The monoisotopic (exact) mass is 287 g/mol. The summed E-state index contributed by atoms with van der Waals surface area (Å²) in [4.78, 5) is 0. The van der Waals surface area contributed by atoms with Crippen LogP contribution < -0.4 is 10.1 Å². The molecule has 0 aliphatic rings. The van der Waals surface area contributed by atoms with E-state index in [1.807, 2.05) is 24.3 Å². The van der Waals surface area contributed by atoms with E-state index in [0.717, 1.165) is 11.4 Å². The molecule has 112 valence electrons. The summed E-state index contributed by atoms with van der Waals surface area (Å²) in [5.74, 6) is 1.10. The van der Waals surface area contributed by atoms with Gasteiger partial charge in [0.05, 0.1) is 6.61 Å². The molecule has 21 heavy (non-hydrogen) atoms. The van der Waals surface area contributed by atoms with Crippen molar-refractivity contribution >= 4 is 5.69 Å². The Kier molecular flexibility index (Phi) is 4.93. The Morgan fingerprint density at radius 1 is 1.10 bits per heavy atom. The van der Waals surface area contributed by atoms with Crippen LogP contribution >= 0.6 is 0 Å². The zero-order chi connectivity index (χ0) is 15.2. The van der Waals surface area contributed by atoms with Gasteiger partial charge >= 0.3 is 0 Å². The third-order valence-electron chi connectivity index (χ3n) is 3.00. The van der Waals surface area contributed by atoms with Crippen LogP contribution in [0.4, 0.5) is 5.69 Å². The lowest BCUT2D eigenvalue weighted by Crippen LogP contribution is -2.05. The molecule has 0 aromatic heterocycles. The molecule has 0 amide bonds. The zero-order valence-electron chi connectivity index (χ0n) is 12.3. The smallest absolute Gasteiger partial charge is 0.162 e. The average molecular weight is 287 g/mol. The molecule has 0 heterocycles. The van der Waals surface area contributed by atoms with Crippen LogP contribution in [-0.4, -0.2) is 16.8 Å². The van der Waals surface area contributed by atoms with Gasteiger partial charge in [0.2, 0.25) is 0 Å². The number of ether oxygens (including phenoxy) is 1. The molecule has 0 unspecified atom stereocenters. The molecule has 0 saturated carbocycles. The summed E-state index contributed by atoms with van der Waals surface area (Å²) in [6, 6.07) is 12.6. The highest BCUT2D eigenvalue weighted by molar-refractivity contribution is 5.51. The predicted molar refractivity (Wildman–Crippen MR) is 83.9 cm³/mol. The van der Waals surface area contributed by atoms with Gasteiger partial charge in [-0.3, -0.25) is 0 Å². The van der Waals surface area contributed by atoms with Gasteiger partial charge in [-0.2, -0.15) is 0 Å². The molecule has 0 bridgehead atoms. The van der Waals surface area contributed by atoms with Gasteiger partial charge in [0, 0.05) is 23.9 Å². The van der Waals surface area contributed by atoms with Crippen molar-refractivity contribution in [2.75, 3.05) is 11.9 Å². The first-order valence-electron chi connectivity index (χ1n) is 7.03. The number of phenolic OH excluding ortho intramolecular Hbond substituents is 2. The molecule has 0 atom stereocenters. The Morgan fingerprint density at radius 3 is 2.62 bits per heavy atom. The second-order valence-electron chi connectivity index (χ2n) is 5.37. The van der Waals surface area contributed by atoms with E-state index in [2.05, 4.69) is 19.2 Å². The Balaban J connectivity index is 2.00. The maximum Gasteiger partial charge on any atom is 0.162 e. The molecule has 0 saturated heterocycles. The Labute approximate surface area is 125 Å². The quantitative estimate of drug-likeness (QED) is 0.708. The largest absolute Gasteiger partial charge is 0.504 e. The average Bonchev–Trinajstić information content (AvgIpc) is 2.47. The van der Waals surface area contributed by atoms with Crippen molar-refractivity contribution in [3.63, 3.8) is 0 Å². The Hall–Kier alpha value is -2.36. The van der Waals surface area contributed by atoms with E-state index in [4.69, 9.17) is 4.74 Å². The highest BCUT2D eigenvalue weighted by Crippen LogP contribution is 2.29. The third kappa shape index (κ3) is 4.31. The fourth-order valence-corrected chi connectivity index (χ4v) is 1.88. The normalized spacial score (nSPS) is 10.6. The van der Waals surface area contributed by atoms with Crippen LogP contribution in [-0.2, 0) is 6.54 Å². The second kappa shape index (κ2) is 6.88. The molecule has 3 N–H and O–H groups in total. The molecule has 2 aromatic rings. The number of benzene rings is 2. The number of para-hydroxylation sites is 1. The van der Waals surface area contributed by atoms with E-state index >= 15 is 0 Å². The molecule has 0 fully saturated rings. The molecule has 0 spiro atoms. The second-order valence-corrected chi connectivity index (χ2v) is 5.37. The summed E-state index contributed by atoms with van der Waals surface area (Å²) in [5.41, 5.74) is 1.54. The lowest BCUT2D eigenvalue weighted by atomic mass is 10.2. The van der Waals surface area contributed by atoms with Crippen molar-refractivity contribution in [1.82, 2.24) is 0 Å². The maximum atomic E-state index is 9.76. The van der Waals surface area contributed by atoms with Crippen LogP contribution in [0, 0.1) is 5.92 Å². The van der Waals surface area contributed by atoms with Crippen molar-refractivity contribution in [3.8, 4) is 17.2 Å². The van der Waals surface area contributed by atoms with E-state index in [0.29, 0.717) is 24.6 Å². The summed E-state index contributed by atoms with van der Waals surface area (Å²) >= 11 is 0. The predicted octanol–water partition coefficient (Wildman–Crippen LogP) is 3.74. The van der Waals surface area contributed by atoms with Crippen LogP contribution in [0.15, 0.2) is 42.5 Å². The highest BCUT2D eigenvalue weighted by Gasteiger charge is 2.05. The van der Waals surface area contributed by atoms with Crippen LogP contribution in [0.2, 0.25) is 0 Å². The molecule has 0 aliphatic heterocycles. The summed E-state index contributed by atoms with van der Waals surface area (Å²) in [6.45, 7) is 5.31. The van der Waals surface area contributed by atoms with Crippen LogP contribution in [0.5, 0.6) is 17.2 Å². The highest BCUT2D eigenvalue weighted by atomic mass is 16.5. The van der Waals surface area contributed by atoms with E-state index in [9.17, 15) is 10.2 Å². The lowest BCUT2D eigenvalue weighted by molar-refractivity contribution is 0.271. The first kappa shape index (κ1) is 15.0. The van der Waals surface area contributed by atoms with Crippen molar-refractivity contribution in [2.45, 2.75) is 20.4 Å². The molecule has 0 radical (unpaired) electrons. The van der Waals surface area contributed by atoms with E-state index in [1.54, 1.807) is 12.1 Å². The minimum atomic E-state index is -0.108. The number of nitrogens with one attached hydrogen (secondary N) is 1. The lowest BCUT2D eigenvalue weighted by Gasteiger charge is -2.12. The molecule has 0 aliphatic carbocycles. The number of anilines is 1. The molecular formula is C17H21NO3. The first-order chi connectivity index (χ1) is 10.1. The summed E-state index contributed by atoms with van der Waals surface area (Å²) < 4.78 is 5.67. The van der Waals surface area contributed by atoms with Gasteiger partial charge in [0.15, 0.2) is 11.5 Å². The fourth-order valence-electron chi connectivity index (χ4n) is 1.88. The molecule has 2 aromatic carbocycles. The summed E-state index contributed by atoms with van der Waals surface area (Å²) in [6.07, 6.45) is 0. The zero-order valence-corrected chi connectivity index (χ0v) is 12.3. The van der Waals surface area contributed by atoms with Gasteiger partial charge < -0.3 is 20.3 Å². The molecule has 4 heteroatoms. The minimum Gasteiger partial charge on any atom is -0.504 e. The Morgan fingerprint density at radius 2 is 1.86 bits per heavy atom. The maximum absolute atomic E-state index is 9.76. The third-order valence-corrected chi connectivity index (χ3v) is 3.00. The first-order valence-corrected chi connectivity index (χ1v) is 7.03. The number of phenols is 2. The van der Waals surface area contributed by atoms with Crippen LogP contribution in [0.25, 0.3) is 0 Å². The van der Waals surface area contributed by atoms with Crippen molar-refractivity contribution in [1.29, 1.82) is 0 Å². The van der Waals surface area contributed by atoms with Crippen LogP contribution in [0.1, 0.15) is 19.4 Å². The van der Waals surface area contributed by atoms with Gasteiger partial charge in [0.1, 0.15) is 5.75 Å².